The molecule has 0 heterocycles. The molecule has 0 N–H and O–H groups in total. The van der Waals surface area contributed by atoms with E-state index in [9.17, 15) is 17.6 Å². The molecule has 31 heavy (non-hydrogen) atoms. The molecular weight excluding hydrogens is 400 g/mol. The lowest BCUT2D eigenvalue weighted by atomic mass is 9.79. The molecule has 3 aromatic carbocycles. The van der Waals surface area contributed by atoms with Gasteiger partial charge in [-0.15, -0.1) is 0 Å². The second kappa shape index (κ2) is 8.98. The second-order valence-corrected chi connectivity index (χ2v) is 7.99. The fourth-order valence-corrected chi connectivity index (χ4v) is 4.20. The van der Waals surface area contributed by atoms with Gasteiger partial charge in [-0.2, -0.15) is 0 Å². The van der Waals surface area contributed by atoms with E-state index >= 15 is 0 Å². The van der Waals surface area contributed by atoms with E-state index in [0.29, 0.717) is 42.4 Å². The standard InChI is InChI=1S/C27H22F4/c1-2-3-18-10-13-24(27(31)26(18)30)20-9-8-19-14-21(25(29)16-22(19)15-20)7-4-17-5-11-23(28)12-6-17/h5-6,10-14,16,20H,2-3,8-9,15H2,1H3. The van der Waals surface area contributed by atoms with Crippen molar-refractivity contribution < 1.29 is 17.6 Å². The summed E-state index contributed by atoms with van der Waals surface area (Å²) >= 11 is 0. The quantitative estimate of drug-likeness (QED) is 0.319. The normalized spacial score (nSPS) is 15.2. The molecule has 0 nitrogen and oxygen atoms in total. The van der Waals surface area contributed by atoms with Gasteiger partial charge in [0.2, 0.25) is 0 Å². The highest BCUT2D eigenvalue weighted by atomic mass is 19.2. The predicted octanol–water partition coefficient (Wildman–Crippen LogP) is 6.87. The Morgan fingerprint density at radius 3 is 2.39 bits per heavy atom. The number of hydrogen-bond donors (Lipinski definition) is 0. The van der Waals surface area contributed by atoms with Crippen molar-refractivity contribution in [3.8, 4) is 11.8 Å². The van der Waals surface area contributed by atoms with Gasteiger partial charge in [-0.25, -0.2) is 17.6 Å². The van der Waals surface area contributed by atoms with E-state index in [-0.39, 0.29) is 17.3 Å². The van der Waals surface area contributed by atoms with Crippen molar-refractivity contribution in [2.45, 2.75) is 44.9 Å². The van der Waals surface area contributed by atoms with E-state index in [1.165, 1.54) is 18.2 Å². The van der Waals surface area contributed by atoms with Gasteiger partial charge in [-0.05, 0) is 90.3 Å². The highest BCUT2D eigenvalue weighted by Crippen LogP contribution is 2.36. The number of aryl methyl sites for hydroxylation is 2. The molecule has 3 aromatic rings. The van der Waals surface area contributed by atoms with Crippen molar-refractivity contribution in [2.75, 3.05) is 0 Å². The summed E-state index contributed by atoms with van der Waals surface area (Å²) in [6.07, 6.45) is 3.01. The topological polar surface area (TPSA) is 0 Å². The molecule has 0 radical (unpaired) electrons. The van der Waals surface area contributed by atoms with E-state index in [4.69, 9.17) is 0 Å². The molecule has 4 heteroatoms. The maximum atomic E-state index is 14.7. The molecule has 0 bridgehead atoms. The Balaban J connectivity index is 1.58. The maximum Gasteiger partial charge on any atom is 0.162 e. The second-order valence-electron chi connectivity index (χ2n) is 7.99. The lowest BCUT2D eigenvalue weighted by Crippen LogP contribution is -2.16. The molecule has 0 aliphatic heterocycles. The van der Waals surface area contributed by atoms with Crippen LogP contribution in [0.5, 0.6) is 0 Å². The smallest absolute Gasteiger partial charge is 0.162 e. The van der Waals surface area contributed by atoms with E-state index in [2.05, 4.69) is 11.8 Å². The van der Waals surface area contributed by atoms with Crippen LogP contribution in [0, 0.1) is 35.1 Å². The summed E-state index contributed by atoms with van der Waals surface area (Å²) in [5, 5.41) is 0. The van der Waals surface area contributed by atoms with Crippen LogP contribution in [0.3, 0.4) is 0 Å². The lowest BCUT2D eigenvalue weighted by molar-refractivity contribution is 0.466. The summed E-state index contributed by atoms with van der Waals surface area (Å²) in [6, 6.07) is 12.2. The maximum absolute atomic E-state index is 14.7. The van der Waals surface area contributed by atoms with Gasteiger partial charge in [-0.1, -0.05) is 37.3 Å². The Morgan fingerprint density at radius 2 is 1.65 bits per heavy atom. The van der Waals surface area contributed by atoms with Gasteiger partial charge in [0.25, 0.3) is 0 Å². The number of hydrogen-bond acceptors (Lipinski definition) is 0. The molecule has 0 saturated heterocycles. The van der Waals surface area contributed by atoms with E-state index in [0.717, 1.165) is 17.5 Å². The summed E-state index contributed by atoms with van der Waals surface area (Å²) in [4.78, 5) is 0. The molecule has 0 spiro atoms. The van der Waals surface area contributed by atoms with Gasteiger partial charge in [0, 0.05) is 5.56 Å². The molecule has 4 rings (SSSR count). The zero-order chi connectivity index (χ0) is 22.0. The van der Waals surface area contributed by atoms with Crippen molar-refractivity contribution in [3.05, 3.63) is 105 Å². The lowest BCUT2D eigenvalue weighted by Gasteiger charge is -2.26. The SMILES string of the molecule is CCCc1ccc(C2CCc3cc(C#Cc4ccc(F)cc4)c(F)cc3C2)c(F)c1F. The Hall–Kier alpha value is -3.06. The third-order valence-electron chi connectivity index (χ3n) is 5.85. The van der Waals surface area contributed by atoms with E-state index in [1.54, 1.807) is 30.3 Å². The Kier molecular flexibility index (Phi) is 6.13. The van der Waals surface area contributed by atoms with Gasteiger partial charge in [-0.3, -0.25) is 0 Å². The van der Waals surface area contributed by atoms with Crippen molar-refractivity contribution in [1.29, 1.82) is 0 Å². The van der Waals surface area contributed by atoms with Crippen LogP contribution >= 0.6 is 0 Å². The predicted molar refractivity (Wildman–Crippen MR) is 114 cm³/mol. The molecular formula is C27H22F4. The zero-order valence-corrected chi connectivity index (χ0v) is 17.2. The zero-order valence-electron chi connectivity index (χ0n) is 17.2. The van der Waals surface area contributed by atoms with Gasteiger partial charge in [0.1, 0.15) is 11.6 Å². The first kappa shape index (κ1) is 21.2. The first-order valence-electron chi connectivity index (χ1n) is 10.5. The van der Waals surface area contributed by atoms with Crippen LogP contribution in [0.1, 0.15) is 59.1 Å². The monoisotopic (exact) mass is 422 g/mol. The summed E-state index contributed by atoms with van der Waals surface area (Å²) in [7, 11) is 0. The molecule has 158 valence electrons. The van der Waals surface area contributed by atoms with Crippen molar-refractivity contribution in [3.63, 3.8) is 0 Å². The molecule has 1 atom stereocenters. The van der Waals surface area contributed by atoms with Crippen LogP contribution in [-0.4, -0.2) is 0 Å². The molecule has 1 unspecified atom stereocenters. The van der Waals surface area contributed by atoms with E-state index in [1.807, 2.05) is 6.92 Å². The van der Waals surface area contributed by atoms with Crippen LogP contribution in [0.25, 0.3) is 0 Å². The largest absolute Gasteiger partial charge is 0.207 e. The summed E-state index contributed by atoms with van der Waals surface area (Å²) in [5.41, 5.74) is 3.42. The van der Waals surface area contributed by atoms with Crippen molar-refractivity contribution in [1.82, 2.24) is 0 Å². The van der Waals surface area contributed by atoms with E-state index < -0.39 is 17.5 Å². The summed E-state index contributed by atoms with van der Waals surface area (Å²) in [6.45, 7) is 1.93. The third kappa shape index (κ3) is 4.51. The Bertz CT molecular complexity index is 1170. The molecule has 1 aliphatic carbocycles. The Labute approximate surface area is 179 Å². The van der Waals surface area contributed by atoms with Crippen LogP contribution in [-0.2, 0) is 19.3 Å². The molecule has 0 fully saturated rings. The fraction of sp³-hybridized carbons (Fsp3) is 0.259. The highest BCUT2D eigenvalue weighted by Gasteiger charge is 2.26. The molecule has 1 aliphatic rings. The minimum absolute atomic E-state index is 0.187. The highest BCUT2D eigenvalue weighted by molar-refractivity contribution is 5.48. The summed E-state index contributed by atoms with van der Waals surface area (Å²) < 4.78 is 56.7. The van der Waals surface area contributed by atoms with Gasteiger partial charge < -0.3 is 0 Å². The minimum Gasteiger partial charge on any atom is -0.207 e. The van der Waals surface area contributed by atoms with Crippen LogP contribution in [0.2, 0.25) is 0 Å². The van der Waals surface area contributed by atoms with Crippen molar-refractivity contribution >= 4 is 0 Å². The molecule has 0 saturated carbocycles. The molecule has 0 aromatic heterocycles. The number of fused-ring (bicyclic) bond motifs is 1. The third-order valence-corrected chi connectivity index (χ3v) is 5.85. The Morgan fingerprint density at radius 1 is 0.871 bits per heavy atom. The van der Waals surface area contributed by atoms with Gasteiger partial charge in [0.15, 0.2) is 11.6 Å². The summed E-state index contributed by atoms with van der Waals surface area (Å²) in [5.74, 6) is 3.15. The van der Waals surface area contributed by atoms with Crippen molar-refractivity contribution in [2.24, 2.45) is 0 Å². The van der Waals surface area contributed by atoms with Crippen LogP contribution < -0.4 is 0 Å². The van der Waals surface area contributed by atoms with Gasteiger partial charge >= 0.3 is 0 Å². The average Bonchev–Trinajstić information content (AvgIpc) is 2.76. The minimum atomic E-state index is -0.776. The molecule has 0 amide bonds. The van der Waals surface area contributed by atoms with Crippen LogP contribution in [0.15, 0.2) is 48.5 Å². The number of halogens is 4. The first-order chi connectivity index (χ1) is 15.0. The number of rotatable bonds is 3. The van der Waals surface area contributed by atoms with Gasteiger partial charge in [0.05, 0.1) is 5.56 Å². The fourth-order valence-electron chi connectivity index (χ4n) is 4.20. The average molecular weight is 422 g/mol. The van der Waals surface area contributed by atoms with Crippen LogP contribution in [0.4, 0.5) is 17.6 Å². The first-order valence-corrected chi connectivity index (χ1v) is 10.5. The number of benzene rings is 3.